The molecule has 0 heterocycles. The molecule has 0 saturated heterocycles. The van der Waals surface area contributed by atoms with Crippen molar-refractivity contribution in [1.29, 1.82) is 0 Å². The minimum atomic E-state index is -0.362. The van der Waals surface area contributed by atoms with Crippen molar-refractivity contribution in [3.8, 4) is 17.2 Å². The third-order valence-electron chi connectivity index (χ3n) is 4.00. The molecule has 0 bridgehead atoms. The van der Waals surface area contributed by atoms with Crippen LogP contribution in [-0.2, 0) is 10.2 Å². The molecule has 2 aromatic carbocycles. The van der Waals surface area contributed by atoms with Gasteiger partial charge in [-0.25, -0.2) is 0 Å². The first kappa shape index (κ1) is 21.5. The van der Waals surface area contributed by atoms with Gasteiger partial charge in [-0.1, -0.05) is 32.9 Å². The Morgan fingerprint density at radius 2 is 1.64 bits per heavy atom. The summed E-state index contributed by atoms with van der Waals surface area (Å²) < 4.78 is 16.0. The Hall–Kier alpha value is -2.80. The fraction of sp³-hybridized carbons (Fsp3) is 0.333. The van der Waals surface area contributed by atoms with E-state index in [-0.39, 0.29) is 23.0 Å². The van der Waals surface area contributed by atoms with Gasteiger partial charge in [0.05, 0.1) is 19.9 Å². The van der Waals surface area contributed by atoms with E-state index < -0.39 is 0 Å². The molecule has 0 unspecified atom stereocenters. The number of nitrogens with one attached hydrogen (secondary N) is 2. The number of hydrogen-bond acceptors (Lipinski definition) is 5. The van der Waals surface area contributed by atoms with Crippen LogP contribution < -0.4 is 24.8 Å². The van der Waals surface area contributed by atoms with Gasteiger partial charge in [-0.3, -0.25) is 10.1 Å². The maximum absolute atomic E-state index is 12.1. The Kier molecular flexibility index (Phi) is 7.23. The highest BCUT2D eigenvalue weighted by molar-refractivity contribution is 7.80. The first-order valence-corrected chi connectivity index (χ1v) is 9.20. The summed E-state index contributed by atoms with van der Waals surface area (Å²) in [7, 11) is 3.12. The first-order chi connectivity index (χ1) is 13.2. The van der Waals surface area contributed by atoms with Crippen LogP contribution in [0.25, 0.3) is 0 Å². The van der Waals surface area contributed by atoms with E-state index >= 15 is 0 Å². The second-order valence-electron chi connectivity index (χ2n) is 7.13. The van der Waals surface area contributed by atoms with E-state index in [1.807, 2.05) is 24.3 Å². The maximum Gasteiger partial charge on any atom is 0.264 e. The molecule has 7 heteroatoms. The molecule has 0 aliphatic heterocycles. The van der Waals surface area contributed by atoms with Gasteiger partial charge in [-0.2, -0.15) is 0 Å². The Bertz CT molecular complexity index is 829. The van der Waals surface area contributed by atoms with Gasteiger partial charge in [0.25, 0.3) is 5.91 Å². The summed E-state index contributed by atoms with van der Waals surface area (Å²) in [6.07, 6.45) is 0. The van der Waals surface area contributed by atoms with Crippen LogP contribution in [0.2, 0.25) is 0 Å². The standard InChI is InChI=1S/C21H26N2O4S/c1-21(2,3)14-6-8-15(9-7-14)27-13-19(24)23-20(28)22-17-12-16(25-4)10-11-18(17)26-5/h6-12H,13H2,1-5H3,(H2,22,23,24,28). The normalized spacial score (nSPS) is 10.8. The average molecular weight is 403 g/mol. The highest BCUT2D eigenvalue weighted by Crippen LogP contribution is 2.28. The third-order valence-corrected chi connectivity index (χ3v) is 4.20. The number of ether oxygens (including phenoxy) is 3. The molecule has 2 N–H and O–H groups in total. The van der Waals surface area contributed by atoms with Crippen molar-refractivity contribution < 1.29 is 19.0 Å². The van der Waals surface area contributed by atoms with Crippen molar-refractivity contribution >= 4 is 28.9 Å². The van der Waals surface area contributed by atoms with Gasteiger partial charge in [0.15, 0.2) is 11.7 Å². The fourth-order valence-electron chi connectivity index (χ4n) is 2.43. The van der Waals surface area contributed by atoms with Crippen LogP contribution in [0, 0.1) is 0 Å². The average Bonchev–Trinajstić information content (AvgIpc) is 2.65. The molecule has 2 aromatic rings. The van der Waals surface area contributed by atoms with Crippen LogP contribution in [0.1, 0.15) is 26.3 Å². The summed E-state index contributed by atoms with van der Waals surface area (Å²) in [5.41, 5.74) is 1.85. The quantitative estimate of drug-likeness (QED) is 0.715. The van der Waals surface area contributed by atoms with E-state index in [0.717, 1.165) is 0 Å². The van der Waals surface area contributed by atoms with Gasteiger partial charge >= 0.3 is 0 Å². The maximum atomic E-state index is 12.1. The number of methoxy groups -OCH3 is 2. The van der Waals surface area contributed by atoms with Crippen molar-refractivity contribution in [2.24, 2.45) is 0 Å². The largest absolute Gasteiger partial charge is 0.497 e. The highest BCUT2D eigenvalue weighted by atomic mass is 32.1. The molecule has 0 atom stereocenters. The Labute approximate surface area is 171 Å². The second-order valence-corrected chi connectivity index (χ2v) is 7.54. The molecule has 150 valence electrons. The molecule has 28 heavy (non-hydrogen) atoms. The number of amides is 1. The van der Waals surface area contributed by atoms with E-state index in [9.17, 15) is 4.79 Å². The molecule has 0 aromatic heterocycles. The SMILES string of the molecule is COc1ccc(OC)c(NC(=S)NC(=O)COc2ccc(C(C)(C)C)cc2)c1. The third kappa shape index (κ3) is 6.13. The van der Waals surface area contributed by atoms with Gasteiger partial charge < -0.3 is 19.5 Å². The number of carbonyl (C=O) groups is 1. The molecule has 0 radical (unpaired) electrons. The van der Waals surface area contributed by atoms with Crippen molar-refractivity contribution in [3.63, 3.8) is 0 Å². The van der Waals surface area contributed by atoms with Crippen LogP contribution in [0.3, 0.4) is 0 Å². The van der Waals surface area contributed by atoms with Crippen molar-refractivity contribution in [1.82, 2.24) is 5.32 Å². The summed E-state index contributed by atoms with van der Waals surface area (Å²) in [5, 5.41) is 5.65. The minimum absolute atomic E-state index is 0.0644. The molecule has 1 amide bonds. The van der Waals surface area contributed by atoms with Gasteiger partial charge in [0.1, 0.15) is 17.2 Å². The van der Waals surface area contributed by atoms with Gasteiger partial charge in [-0.05, 0) is 47.5 Å². The van der Waals surface area contributed by atoms with E-state index in [1.54, 1.807) is 32.4 Å². The Morgan fingerprint density at radius 1 is 1.00 bits per heavy atom. The number of carbonyl (C=O) groups excluding carboxylic acids is 1. The van der Waals surface area contributed by atoms with E-state index in [2.05, 4.69) is 31.4 Å². The zero-order chi connectivity index (χ0) is 20.7. The van der Waals surface area contributed by atoms with Gasteiger partial charge in [0.2, 0.25) is 0 Å². The molecule has 0 saturated carbocycles. The molecule has 0 aliphatic carbocycles. The van der Waals surface area contributed by atoms with Crippen LogP contribution in [0.4, 0.5) is 5.69 Å². The van der Waals surface area contributed by atoms with E-state index in [0.29, 0.717) is 22.9 Å². The number of hydrogen-bond donors (Lipinski definition) is 2. The fourth-order valence-corrected chi connectivity index (χ4v) is 2.65. The molecule has 0 spiro atoms. The monoisotopic (exact) mass is 402 g/mol. The summed E-state index contributed by atoms with van der Waals surface area (Å²) in [6.45, 7) is 6.27. The second kappa shape index (κ2) is 9.41. The van der Waals surface area contributed by atoms with Crippen molar-refractivity contribution in [2.75, 3.05) is 26.1 Å². The lowest BCUT2D eigenvalue weighted by Crippen LogP contribution is -2.37. The van der Waals surface area contributed by atoms with E-state index in [4.69, 9.17) is 26.4 Å². The zero-order valence-corrected chi connectivity index (χ0v) is 17.6. The minimum Gasteiger partial charge on any atom is -0.497 e. The van der Waals surface area contributed by atoms with Crippen molar-refractivity contribution in [3.05, 3.63) is 48.0 Å². The summed E-state index contributed by atoms with van der Waals surface area (Å²) in [6, 6.07) is 12.9. The smallest absolute Gasteiger partial charge is 0.264 e. The van der Waals surface area contributed by atoms with Gasteiger partial charge in [-0.15, -0.1) is 0 Å². The predicted molar refractivity (Wildman–Crippen MR) is 115 cm³/mol. The number of anilines is 1. The summed E-state index contributed by atoms with van der Waals surface area (Å²) in [5.74, 6) is 1.47. The Balaban J connectivity index is 1.88. The molecule has 0 aliphatic rings. The molecular weight excluding hydrogens is 376 g/mol. The highest BCUT2D eigenvalue weighted by Gasteiger charge is 2.14. The van der Waals surface area contributed by atoms with E-state index in [1.165, 1.54) is 5.56 Å². The number of benzene rings is 2. The molecule has 2 rings (SSSR count). The van der Waals surface area contributed by atoms with Crippen LogP contribution in [0.15, 0.2) is 42.5 Å². The number of thiocarbonyl (C=S) groups is 1. The predicted octanol–water partition coefficient (Wildman–Crippen LogP) is 3.89. The lowest BCUT2D eigenvalue weighted by Gasteiger charge is -2.19. The van der Waals surface area contributed by atoms with Crippen LogP contribution >= 0.6 is 12.2 Å². The lowest BCUT2D eigenvalue weighted by molar-refractivity contribution is -0.121. The van der Waals surface area contributed by atoms with Crippen LogP contribution in [-0.4, -0.2) is 31.8 Å². The summed E-state index contributed by atoms with van der Waals surface area (Å²) >= 11 is 5.19. The van der Waals surface area contributed by atoms with Gasteiger partial charge in [0, 0.05) is 6.07 Å². The topological polar surface area (TPSA) is 68.8 Å². The summed E-state index contributed by atoms with van der Waals surface area (Å²) in [4.78, 5) is 12.1. The molecule has 6 nitrogen and oxygen atoms in total. The number of rotatable bonds is 6. The first-order valence-electron chi connectivity index (χ1n) is 8.79. The Morgan fingerprint density at radius 3 is 2.21 bits per heavy atom. The zero-order valence-electron chi connectivity index (χ0n) is 16.8. The lowest BCUT2D eigenvalue weighted by atomic mass is 9.87. The van der Waals surface area contributed by atoms with Crippen LogP contribution in [0.5, 0.6) is 17.2 Å². The molecule has 0 fully saturated rings. The van der Waals surface area contributed by atoms with Crippen molar-refractivity contribution in [2.45, 2.75) is 26.2 Å². The molecular formula is C21H26N2O4S.